The van der Waals surface area contributed by atoms with Crippen molar-refractivity contribution in [3.63, 3.8) is 0 Å². The summed E-state index contributed by atoms with van der Waals surface area (Å²) in [6, 6.07) is 3.84. The van der Waals surface area contributed by atoms with E-state index in [1.165, 1.54) is 17.0 Å². The molecule has 0 saturated heterocycles. The second kappa shape index (κ2) is 3.69. The van der Waals surface area contributed by atoms with Gasteiger partial charge in [-0.2, -0.15) is 13.2 Å². The van der Waals surface area contributed by atoms with E-state index in [1.807, 2.05) is 0 Å². The first-order chi connectivity index (χ1) is 6.34. The standard InChI is InChI=1S/C9H9ClF3N/c1-14(2)7-5-3-4-6(8(7)10)9(11,12)13/h3-5H,1-2H3. The van der Waals surface area contributed by atoms with Crippen LogP contribution in [0, 0.1) is 0 Å². The van der Waals surface area contributed by atoms with Crippen molar-refractivity contribution < 1.29 is 13.2 Å². The van der Waals surface area contributed by atoms with Gasteiger partial charge in [0.2, 0.25) is 0 Å². The van der Waals surface area contributed by atoms with Gasteiger partial charge in [0.15, 0.2) is 0 Å². The first-order valence-electron chi connectivity index (χ1n) is 3.87. The largest absolute Gasteiger partial charge is 0.417 e. The van der Waals surface area contributed by atoms with Crippen LogP contribution < -0.4 is 4.90 Å². The molecule has 0 aliphatic rings. The number of rotatable bonds is 1. The van der Waals surface area contributed by atoms with Gasteiger partial charge < -0.3 is 4.90 Å². The van der Waals surface area contributed by atoms with Crippen molar-refractivity contribution >= 4 is 17.3 Å². The molecule has 0 aromatic heterocycles. The summed E-state index contributed by atoms with van der Waals surface area (Å²) < 4.78 is 37.2. The predicted molar refractivity (Wildman–Crippen MR) is 50.8 cm³/mol. The maximum atomic E-state index is 12.4. The summed E-state index contributed by atoms with van der Waals surface area (Å²) in [4.78, 5) is 1.54. The van der Waals surface area contributed by atoms with Crippen molar-refractivity contribution in [2.75, 3.05) is 19.0 Å². The Morgan fingerprint density at radius 3 is 2.21 bits per heavy atom. The zero-order valence-electron chi connectivity index (χ0n) is 7.69. The Morgan fingerprint density at radius 2 is 1.79 bits per heavy atom. The Morgan fingerprint density at radius 1 is 1.21 bits per heavy atom. The molecule has 0 spiro atoms. The van der Waals surface area contributed by atoms with Gasteiger partial charge in [0.05, 0.1) is 16.3 Å². The molecule has 1 rings (SSSR count). The summed E-state index contributed by atoms with van der Waals surface area (Å²) in [6.07, 6.45) is -4.40. The number of hydrogen-bond donors (Lipinski definition) is 0. The molecule has 0 aliphatic carbocycles. The van der Waals surface area contributed by atoms with Gasteiger partial charge in [0.1, 0.15) is 0 Å². The van der Waals surface area contributed by atoms with E-state index in [9.17, 15) is 13.2 Å². The molecule has 1 aromatic carbocycles. The Kier molecular flexibility index (Phi) is 2.95. The van der Waals surface area contributed by atoms with E-state index in [-0.39, 0.29) is 5.02 Å². The van der Waals surface area contributed by atoms with Crippen LogP contribution in [0.25, 0.3) is 0 Å². The highest BCUT2D eigenvalue weighted by atomic mass is 35.5. The zero-order chi connectivity index (χ0) is 10.9. The van der Waals surface area contributed by atoms with Crippen LogP contribution in [0.15, 0.2) is 18.2 Å². The van der Waals surface area contributed by atoms with Crippen molar-refractivity contribution in [2.24, 2.45) is 0 Å². The zero-order valence-corrected chi connectivity index (χ0v) is 8.45. The Hall–Kier alpha value is -0.900. The van der Waals surface area contributed by atoms with Gasteiger partial charge in [0, 0.05) is 14.1 Å². The summed E-state index contributed by atoms with van der Waals surface area (Å²) in [5.41, 5.74) is -0.438. The fraction of sp³-hybridized carbons (Fsp3) is 0.333. The van der Waals surface area contributed by atoms with E-state index in [2.05, 4.69) is 0 Å². The highest BCUT2D eigenvalue weighted by Crippen LogP contribution is 2.38. The van der Waals surface area contributed by atoms with E-state index in [0.29, 0.717) is 5.69 Å². The van der Waals surface area contributed by atoms with Crippen molar-refractivity contribution in [3.05, 3.63) is 28.8 Å². The molecule has 0 fully saturated rings. The number of hydrogen-bond acceptors (Lipinski definition) is 1. The Balaban J connectivity index is 3.28. The van der Waals surface area contributed by atoms with Gasteiger partial charge in [-0.1, -0.05) is 17.7 Å². The van der Waals surface area contributed by atoms with Crippen molar-refractivity contribution in [2.45, 2.75) is 6.18 Å². The lowest BCUT2D eigenvalue weighted by atomic mass is 10.2. The molecule has 0 radical (unpaired) electrons. The van der Waals surface area contributed by atoms with Crippen LogP contribution in [-0.2, 0) is 6.18 Å². The summed E-state index contributed by atoms with van der Waals surface area (Å²) in [5.74, 6) is 0. The van der Waals surface area contributed by atoms with Crippen molar-refractivity contribution in [1.29, 1.82) is 0 Å². The van der Waals surface area contributed by atoms with E-state index in [1.54, 1.807) is 14.1 Å². The van der Waals surface area contributed by atoms with Crippen LogP contribution in [0.4, 0.5) is 18.9 Å². The molecule has 0 saturated carbocycles. The van der Waals surface area contributed by atoms with E-state index in [0.717, 1.165) is 6.07 Å². The summed E-state index contributed by atoms with van der Waals surface area (Å²) in [5, 5.41) is -0.259. The molecule has 0 bridgehead atoms. The molecular weight excluding hydrogens is 215 g/mol. The number of nitrogens with zero attached hydrogens (tertiary/aromatic N) is 1. The fourth-order valence-electron chi connectivity index (χ4n) is 1.08. The second-order valence-electron chi connectivity index (χ2n) is 3.03. The summed E-state index contributed by atoms with van der Waals surface area (Å²) in [6.45, 7) is 0. The average molecular weight is 224 g/mol. The Labute approximate surface area is 85.1 Å². The third-order valence-electron chi connectivity index (χ3n) is 1.77. The molecule has 1 aromatic rings. The van der Waals surface area contributed by atoms with Crippen LogP contribution in [-0.4, -0.2) is 14.1 Å². The minimum atomic E-state index is -4.40. The third kappa shape index (κ3) is 2.12. The quantitative estimate of drug-likeness (QED) is 0.705. The van der Waals surface area contributed by atoms with E-state index >= 15 is 0 Å². The molecule has 78 valence electrons. The summed E-state index contributed by atoms with van der Waals surface area (Å²) in [7, 11) is 3.28. The van der Waals surface area contributed by atoms with Crippen LogP contribution >= 0.6 is 11.6 Å². The molecule has 14 heavy (non-hydrogen) atoms. The van der Waals surface area contributed by atoms with Crippen molar-refractivity contribution in [1.82, 2.24) is 0 Å². The first-order valence-corrected chi connectivity index (χ1v) is 4.25. The van der Waals surface area contributed by atoms with Gasteiger partial charge in [-0.15, -0.1) is 0 Å². The topological polar surface area (TPSA) is 3.24 Å². The smallest absolute Gasteiger partial charge is 0.376 e. The van der Waals surface area contributed by atoms with Crippen LogP contribution in [0.2, 0.25) is 5.02 Å². The molecule has 0 atom stereocenters. The highest BCUT2D eigenvalue weighted by Gasteiger charge is 2.34. The number of anilines is 1. The molecule has 0 unspecified atom stereocenters. The van der Waals surface area contributed by atoms with E-state index in [4.69, 9.17) is 11.6 Å². The van der Waals surface area contributed by atoms with Crippen LogP contribution in [0.5, 0.6) is 0 Å². The lowest BCUT2D eigenvalue weighted by Crippen LogP contribution is -2.12. The van der Waals surface area contributed by atoms with Crippen LogP contribution in [0.1, 0.15) is 5.56 Å². The highest BCUT2D eigenvalue weighted by molar-refractivity contribution is 6.34. The number of benzene rings is 1. The summed E-state index contributed by atoms with van der Waals surface area (Å²) >= 11 is 5.63. The van der Waals surface area contributed by atoms with Gasteiger partial charge in [-0.25, -0.2) is 0 Å². The maximum absolute atomic E-state index is 12.4. The minimum absolute atomic E-state index is 0.259. The maximum Gasteiger partial charge on any atom is 0.417 e. The lowest BCUT2D eigenvalue weighted by Gasteiger charge is -2.17. The molecule has 5 heteroatoms. The third-order valence-corrected chi connectivity index (χ3v) is 2.16. The molecular formula is C9H9ClF3N. The number of halogens is 4. The van der Waals surface area contributed by atoms with Gasteiger partial charge >= 0.3 is 6.18 Å². The predicted octanol–water partition coefficient (Wildman–Crippen LogP) is 3.42. The Bertz CT molecular complexity index is 333. The van der Waals surface area contributed by atoms with E-state index < -0.39 is 11.7 Å². The monoisotopic (exact) mass is 223 g/mol. The first kappa shape index (κ1) is 11.2. The molecule has 0 heterocycles. The normalized spacial score (nSPS) is 11.6. The average Bonchev–Trinajstić information content (AvgIpc) is 2.01. The number of alkyl halides is 3. The SMILES string of the molecule is CN(C)c1cccc(C(F)(F)F)c1Cl. The molecule has 1 nitrogen and oxygen atoms in total. The van der Waals surface area contributed by atoms with Gasteiger partial charge in [-0.3, -0.25) is 0 Å². The minimum Gasteiger partial charge on any atom is -0.376 e. The fourth-order valence-corrected chi connectivity index (χ4v) is 1.49. The van der Waals surface area contributed by atoms with Crippen molar-refractivity contribution in [3.8, 4) is 0 Å². The lowest BCUT2D eigenvalue weighted by molar-refractivity contribution is -0.137. The van der Waals surface area contributed by atoms with Gasteiger partial charge in [-0.05, 0) is 12.1 Å². The molecule has 0 N–H and O–H groups in total. The van der Waals surface area contributed by atoms with Crippen LogP contribution in [0.3, 0.4) is 0 Å². The second-order valence-corrected chi connectivity index (χ2v) is 3.41. The van der Waals surface area contributed by atoms with Gasteiger partial charge in [0.25, 0.3) is 0 Å². The molecule has 0 aliphatic heterocycles. The molecule has 0 amide bonds.